The highest BCUT2D eigenvalue weighted by atomic mass is 32.2. The zero-order valence-corrected chi connectivity index (χ0v) is 10.4. The SMILES string of the molecule is CCc1c(C)nc2n(c1=O)C(C)(C)CS2. The lowest BCUT2D eigenvalue weighted by Gasteiger charge is -2.21. The van der Waals surface area contributed by atoms with E-state index >= 15 is 0 Å². The van der Waals surface area contributed by atoms with Gasteiger partial charge in [0.15, 0.2) is 5.16 Å². The van der Waals surface area contributed by atoms with Crippen LogP contribution in [-0.4, -0.2) is 15.3 Å². The van der Waals surface area contributed by atoms with Crippen LogP contribution < -0.4 is 5.56 Å². The molecule has 15 heavy (non-hydrogen) atoms. The van der Waals surface area contributed by atoms with Crippen molar-refractivity contribution in [1.82, 2.24) is 9.55 Å². The molecule has 0 bridgehead atoms. The van der Waals surface area contributed by atoms with E-state index in [0.29, 0.717) is 0 Å². The van der Waals surface area contributed by atoms with Gasteiger partial charge in [-0.25, -0.2) is 4.98 Å². The number of fused-ring (bicyclic) bond motifs is 1. The molecule has 0 N–H and O–H groups in total. The summed E-state index contributed by atoms with van der Waals surface area (Å²) in [6.45, 7) is 8.11. The van der Waals surface area contributed by atoms with E-state index in [9.17, 15) is 4.79 Å². The van der Waals surface area contributed by atoms with Crippen LogP contribution in [0.15, 0.2) is 9.95 Å². The molecule has 0 fully saturated rings. The number of hydrogen-bond acceptors (Lipinski definition) is 3. The van der Waals surface area contributed by atoms with Gasteiger partial charge < -0.3 is 0 Å². The van der Waals surface area contributed by atoms with Crippen molar-refractivity contribution < 1.29 is 0 Å². The first-order valence-electron chi connectivity index (χ1n) is 5.23. The van der Waals surface area contributed by atoms with Crippen molar-refractivity contribution in [2.45, 2.75) is 44.8 Å². The fraction of sp³-hybridized carbons (Fsp3) is 0.636. The Morgan fingerprint density at radius 1 is 1.53 bits per heavy atom. The molecule has 0 amide bonds. The first-order chi connectivity index (χ1) is 6.97. The Bertz CT molecular complexity index is 462. The summed E-state index contributed by atoms with van der Waals surface area (Å²) >= 11 is 1.67. The van der Waals surface area contributed by atoms with E-state index in [4.69, 9.17) is 0 Å². The van der Waals surface area contributed by atoms with Crippen molar-refractivity contribution >= 4 is 11.8 Å². The molecule has 0 radical (unpaired) electrons. The first-order valence-corrected chi connectivity index (χ1v) is 6.21. The van der Waals surface area contributed by atoms with Gasteiger partial charge in [0.05, 0.1) is 5.54 Å². The number of aromatic nitrogens is 2. The molecule has 82 valence electrons. The fourth-order valence-electron chi connectivity index (χ4n) is 1.98. The smallest absolute Gasteiger partial charge is 0.258 e. The fourth-order valence-corrected chi connectivity index (χ4v) is 3.25. The van der Waals surface area contributed by atoms with Crippen molar-refractivity contribution in [2.75, 3.05) is 5.75 Å². The van der Waals surface area contributed by atoms with Gasteiger partial charge in [0, 0.05) is 17.0 Å². The number of rotatable bonds is 1. The molecular weight excluding hydrogens is 208 g/mol. The van der Waals surface area contributed by atoms with Gasteiger partial charge >= 0.3 is 0 Å². The van der Waals surface area contributed by atoms with Gasteiger partial charge in [-0.1, -0.05) is 18.7 Å². The van der Waals surface area contributed by atoms with E-state index in [0.717, 1.165) is 28.6 Å². The lowest BCUT2D eigenvalue weighted by Crippen LogP contribution is -2.37. The Hall–Kier alpha value is -0.770. The molecule has 1 aliphatic rings. The monoisotopic (exact) mass is 224 g/mol. The van der Waals surface area contributed by atoms with E-state index in [-0.39, 0.29) is 11.1 Å². The van der Waals surface area contributed by atoms with Gasteiger partial charge in [0.25, 0.3) is 5.56 Å². The van der Waals surface area contributed by atoms with Crippen molar-refractivity contribution in [3.8, 4) is 0 Å². The number of thioether (sulfide) groups is 1. The van der Waals surface area contributed by atoms with Gasteiger partial charge in [-0.3, -0.25) is 9.36 Å². The molecule has 0 aromatic carbocycles. The second-order valence-corrected chi connectivity index (χ2v) is 5.50. The predicted octanol–water partition coefficient (Wildman–Crippen LogP) is 1.95. The summed E-state index contributed by atoms with van der Waals surface area (Å²) in [4.78, 5) is 16.7. The molecule has 2 heterocycles. The highest BCUT2D eigenvalue weighted by Gasteiger charge is 2.33. The first kappa shape index (κ1) is 10.7. The minimum atomic E-state index is -0.0955. The molecule has 1 aliphatic heterocycles. The molecular formula is C11H16N2OS. The maximum absolute atomic E-state index is 12.2. The summed E-state index contributed by atoms with van der Waals surface area (Å²) in [6, 6.07) is 0. The van der Waals surface area contributed by atoms with Crippen molar-refractivity contribution in [3.05, 3.63) is 21.6 Å². The number of aryl methyl sites for hydroxylation is 1. The number of hydrogen-bond donors (Lipinski definition) is 0. The van der Waals surface area contributed by atoms with Gasteiger partial charge in [-0.05, 0) is 27.2 Å². The van der Waals surface area contributed by atoms with Crippen LogP contribution in [0.4, 0.5) is 0 Å². The van der Waals surface area contributed by atoms with Crippen LogP contribution in [0.2, 0.25) is 0 Å². The molecule has 0 unspecified atom stereocenters. The van der Waals surface area contributed by atoms with Crippen LogP contribution in [0.25, 0.3) is 0 Å². The molecule has 2 rings (SSSR count). The van der Waals surface area contributed by atoms with E-state index in [2.05, 4.69) is 18.8 Å². The second kappa shape index (κ2) is 3.37. The third-order valence-corrected chi connectivity index (χ3v) is 4.25. The molecule has 3 nitrogen and oxygen atoms in total. The Labute approximate surface area is 93.9 Å². The topological polar surface area (TPSA) is 34.9 Å². The standard InChI is InChI=1S/C11H16N2OS/c1-5-8-7(2)12-10-13(9(8)14)11(3,4)6-15-10/h5-6H2,1-4H3. The minimum absolute atomic E-state index is 0.0955. The summed E-state index contributed by atoms with van der Waals surface area (Å²) in [5, 5.41) is 0.875. The van der Waals surface area contributed by atoms with Crippen molar-refractivity contribution in [1.29, 1.82) is 0 Å². The average molecular weight is 224 g/mol. The molecule has 1 aromatic rings. The summed E-state index contributed by atoms with van der Waals surface area (Å²) in [6.07, 6.45) is 0.763. The van der Waals surface area contributed by atoms with Crippen LogP contribution >= 0.6 is 11.8 Å². The molecule has 1 aromatic heterocycles. The van der Waals surface area contributed by atoms with Gasteiger partial charge in [-0.2, -0.15) is 0 Å². The largest absolute Gasteiger partial charge is 0.281 e. The normalized spacial score (nSPS) is 17.9. The molecule has 0 atom stereocenters. The highest BCUT2D eigenvalue weighted by Crippen LogP contribution is 2.34. The second-order valence-electron chi connectivity index (χ2n) is 4.55. The maximum Gasteiger partial charge on any atom is 0.258 e. The average Bonchev–Trinajstić information content (AvgIpc) is 2.42. The maximum atomic E-state index is 12.2. The van der Waals surface area contributed by atoms with E-state index in [1.165, 1.54) is 0 Å². The minimum Gasteiger partial charge on any atom is -0.281 e. The molecule has 0 saturated carbocycles. The van der Waals surface area contributed by atoms with Gasteiger partial charge in [0.1, 0.15) is 0 Å². The summed E-state index contributed by atoms with van der Waals surface area (Å²) in [5.41, 5.74) is 1.80. The lowest BCUT2D eigenvalue weighted by atomic mass is 10.1. The Morgan fingerprint density at radius 3 is 2.80 bits per heavy atom. The summed E-state index contributed by atoms with van der Waals surface area (Å²) < 4.78 is 1.85. The summed E-state index contributed by atoms with van der Waals surface area (Å²) in [7, 11) is 0. The Kier molecular flexibility index (Phi) is 2.41. The van der Waals surface area contributed by atoms with E-state index in [1.54, 1.807) is 11.8 Å². The molecule has 0 saturated heterocycles. The number of nitrogens with zero attached hydrogens (tertiary/aromatic N) is 2. The Balaban J connectivity index is 2.76. The van der Waals surface area contributed by atoms with Crippen molar-refractivity contribution in [2.24, 2.45) is 0 Å². The highest BCUT2D eigenvalue weighted by molar-refractivity contribution is 7.99. The van der Waals surface area contributed by atoms with Gasteiger partial charge in [-0.15, -0.1) is 0 Å². The van der Waals surface area contributed by atoms with Crippen LogP contribution in [-0.2, 0) is 12.0 Å². The van der Waals surface area contributed by atoms with Crippen LogP contribution in [0.5, 0.6) is 0 Å². The lowest BCUT2D eigenvalue weighted by molar-refractivity contribution is 0.369. The molecule has 0 spiro atoms. The Morgan fingerprint density at radius 2 is 2.20 bits per heavy atom. The van der Waals surface area contributed by atoms with E-state index < -0.39 is 0 Å². The zero-order chi connectivity index (χ0) is 11.2. The molecule has 0 aliphatic carbocycles. The van der Waals surface area contributed by atoms with Crippen LogP contribution in [0, 0.1) is 6.92 Å². The quantitative estimate of drug-likeness (QED) is 0.684. The van der Waals surface area contributed by atoms with Crippen LogP contribution in [0.1, 0.15) is 32.0 Å². The predicted molar refractivity (Wildman–Crippen MR) is 62.7 cm³/mol. The zero-order valence-electron chi connectivity index (χ0n) is 9.63. The van der Waals surface area contributed by atoms with E-state index in [1.807, 2.05) is 18.4 Å². The third-order valence-electron chi connectivity index (χ3n) is 2.87. The molecule has 4 heteroatoms. The third kappa shape index (κ3) is 1.51. The van der Waals surface area contributed by atoms with Crippen molar-refractivity contribution in [3.63, 3.8) is 0 Å². The summed E-state index contributed by atoms with van der Waals surface area (Å²) in [5.74, 6) is 0.932. The van der Waals surface area contributed by atoms with Crippen LogP contribution in [0.3, 0.4) is 0 Å². The van der Waals surface area contributed by atoms with Gasteiger partial charge in [0.2, 0.25) is 0 Å².